The van der Waals surface area contributed by atoms with Crippen LogP contribution >= 0.6 is 11.6 Å². The molecule has 1 fully saturated rings. The Morgan fingerprint density at radius 1 is 1.00 bits per heavy atom. The fourth-order valence-corrected chi connectivity index (χ4v) is 6.04. The van der Waals surface area contributed by atoms with Crippen LogP contribution in [0.1, 0.15) is 18.9 Å². The number of hydrogen-bond donors (Lipinski definition) is 0. The Labute approximate surface area is 228 Å². The van der Waals surface area contributed by atoms with Crippen molar-refractivity contribution in [3.05, 3.63) is 81.7 Å². The number of ether oxygens (including phenoxy) is 2. The maximum Gasteiger partial charge on any atom is 0.316 e. The van der Waals surface area contributed by atoms with E-state index in [-0.39, 0.29) is 18.1 Å². The number of nitrogens with zero attached hydrogens (tertiary/aromatic N) is 4. The Hall–Kier alpha value is -2.92. The average molecular weight is 561 g/mol. The van der Waals surface area contributed by atoms with Crippen molar-refractivity contribution in [3.8, 4) is 11.4 Å². The molecule has 0 radical (unpaired) electrons. The Morgan fingerprint density at radius 2 is 1.76 bits per heavy atom. The molecular formula is C27H33ClN4O5S. The largest absolute Gasteiger partial charge is 0.484 e. The molecule has 2 heterocycles. The highest BCUT2D eigenvalue weighted by Crippen LogP contribution is 2.26. The summed E-state index contributed by atoms with van der Waals surface area (Å²) in [6.07, 6.45) is 2.87. The van der Waals surface area contributed by atoms with Crippen LogP contribution in [0.2, 0.25) is 5.02 Å². The number of rotatable bonds is 12. The molecule has 1 aliphatic rings. The minimum absolute atomic E-state index is 0.102. The fourth-order valence-electron chi connectivity index (χ4n) is 4.37. The van der Waals surface area contributed by atoms with Crippen molar-refractivity contribution in [3.63, 3.8) is 0 Å². The molecule has 0 spiro atoms. The van der Waals surface area contributed by atoms with Crippen LogP contribution in [-0.4, -0.2) is 74.3 Å². The molecule has 0 saturated carbocycles. The summed E-state index contributed by atoms with van der Waals surface area (Å²) in [5, 5.41) is 4.85. The number of halogens is 1. The van der Waals surface area contributed by atoms with E-state index in [1.165, 1.54) is 8.99 Å². The van der Waals surface area contributed by atoms with Crippen LogP contribution in [0.5, 0.6) is 5.75 Å². The summed E-state index contributed by atoms with van der Waals surface area (Å²) in [6, 6.07) is 16.7. The molecule has 3 aromatic rings. The summed E-state index contributed by atoms with van der Waals surface area (Å²) >= 11 is 6.12. The van der Waals surface area contributed by atoms with Crippen LogP contribution < -0.4 is 15.2 Å². The van der Waals surface area contributed by atoms with E-state index in [1.807, 2.05) is 42.2 Å². The van der Waals surface area contributed by atoms with Crippen molar-refractivity contribution >= 4 is 27.3 Å². The number of benzene rings is 2. The smallest absolute Gasteiger partial charge is 0.316 e. The number of aromatic nitrogens is 2. The van der Waals surface area contributed by atoms with Crippen LogP contribution in [0.4, 0.5) is 5.69 Å². The van der Waals surface area contributed by atoms with Crippen molar-refractivity contribution in [2.75, 3.05) is 56.7 Å². The Morgan fingerprint density at radius 3 is 2.47 bits per heavy atom. The van der Waals surface area contributed by atoms with Crippen molar-refractivity contribution < 1.29 is 17.9 Å². The summed E-state index contributed by atoms with van der Waals surface area (Å²) < 4.78 is 40.0. The zero-order chi connectivity index (χ0) is 27.0. The van der Waals surface area contributed by atoms with Gasteiger partial charge in [-0.05, 0) is 43.5 Å². The predicted molar refractivity (Wildman–Crippen MR) is 149 cm³/mol. The highest BCUT2D eigenvalue weighted by Gasteiger charge is 2.29. The highest BCUT2D eigenvalue weighted by molar-refractivity contribution is 7.89. The molecule has 0 N–H and O–H groups in total. The van der Waals surface area contributed by atoms with Crippen LogP contribution in [0, 0.1) is 0 Å². The normalized spacial score (nSPS) is 14.5. The highest BCUT2D eigenvalue weighted by atomic mass is 35.5. The topological polar surface area (TPSA) is 94.0 Å². The molecule has 38 heavy (non-hydrogen) atoms. The van der Waals surface area contributed by atoms with Gasteiger partial charge in [-0.1, -0.05) is 48.0 Å². The van der Waals surface area contributed by atoms with E-state index in [9.17, 15) is 13.2 Å². The van der Waals surface area contributed by atoms with Gasteiger partial charge in [-0.2, -0.15) is 14.1 Å². The van der Waals surface area contributed by atoms with Gasteiger partial charge in [0, 0.05) is 37.8 Å². The molecule has 11 heteroatoms. The monoisotopic (exact) mass is 560 g/mol. The van der Waals surface area contributed by atoms with E-state index in [1.54, 1.807) is 30.5 Å². The maximum atomic E-state index is 13.4. The summed E-state index contributed by atoms with van der Waals surface area (Å²) in [5.41, 5.74) is 1.77. The second-order valence-electron chi connectivity index (χ2n) is 8.89. The zero-order valence-corrected chi connectivity index (χ0v) is 23.0. The van der Waals surface area contributed by atoms with E-state index >= 15 is 0 Å². The lowest BCUT2D eigenvalue weighted by atomic mass is 10.1. The zero-order valence-electron chi connectivity index (χ0n) is 21.5. The first-order chi connectivity index (χ1) is 18.4. The van der Waals surface area contributed by atoms with E-state index in [0.717, 1.165) is 12.0 Å². The van der Waals surface area contributed by atoms with Crippen LogP contribution in [0.15, 0.2) is 65.6 Å². The quantitative estimate of drug-likeness (QED) is 0.313. The number of piperazine rings is 1. The van der Waals surface area contributed by atoms with Gasteiger partial charge in [0.05, 0.1) is 24.2 Å². The summed E-state index contributed by atoms with van der Waals surface area (Å²) in [4.78, 5) is 15.4. The molecule has 0 unspecified atom stereocenters. The van der Waals surface area contributed by atoms with Gasteiger partial charge < -0.3 is 14.4 Å². The third-order valence-electron chi connectivity index (χ3n) is 6.33. The third-order valence-corrected chi connectivity index (χ3v) is 8.52. The standard InChI is InChI=1S/C27H33ClN4O5S/c1-2-36-17-18-37-26-25(21-29-32(27(26)33)24-12-6-11-23(28)20-24)30-13-15-31(16-14-30)38(34,35)19-7-10-22-8-4-3-5-9-22/h3-6,8-9,11-12,20-21H,2,7,10,13-19H2,1H3. The fraction of sp³-hybridized carbons (Fsp3) is 0.407. The summed E-state index contributed by atoms with van der Waals surface area (Å²) in [5.74, 6) is 0.254. The molecule has 2 aromatic carbocycles. The van der Waals surface area contributed by atoms with Crippen molar-refractivity contribution in [2.45, 2.75) is 19.8 Å². The lowest BCUT2D eigenvalue weighted by molar-refractivity contribution is 0.109. The maximum absolute atomic E-state index is 13.4. The van der Waals surface area contributed by atoms with Crippen molar-refractivity contribution in [1.82, 2.24) is 14.1 Å². The minimum Gasteiger partial charge on any atom is -0.484 e. The first kappa shape index (κ1) is 28.1. The molecule has 0 bridgehead atoms. The van der Waals surface area contributed by atoms with E-state index in [4.69, 9.17) is 21.1 Å². The van der Waals surface area contributed by atoms with Crippen molar-refractivity contribution in [2.24, 2.45) is 0 Å². The molecule has 1 aliphatic heterocycles. The minimum atomic E-state index is -3.38. The molecule has 0 amide bonds. The molecule has 0 aliphatic carbocycles. The molecule has 9 nitrogen and oxygen atoms in total. The average Bonchev–Trinajstić information content (AvgIpc) is 2.92. The lowest BCUT2D eigenvalue weighted by Gasteiger charge is -2.35. The van der Waals surface area contributed by atoms with Gasteiger partial charge in [0.1, 0.15) is 12.3 Å². The van der Waals surface area contributed by atoms with Gasteiger partial charge in [0.15, 0.2) is 0 Å². The third kappa shape index (κ3) is 7.13. The van der Waals surface area contributed by atoms with Crippen LogP contribution in [-0.2, 0) is 21.2 Å². The van der Waals surface area contributed by atoms with Gasteiger partial charge in [0.25, 0.3) is 0 Å². The second-order valence-corrected chi connectivity index (χ2v) is 11.4. The second kappa shape index (κ2) is 13.2. The van der Waals surface area contributed by atoms with Gasteiger partial charge in [-0.3, -0.25) is 4.79 Å². The first-order valence-electron chi connectivity index (χ1n) is 12.7. The Kier molecular flexibility index (Phi) is 9.79. The number of hydrogen-bond acceptors (Lipinski definition) is 7. The predicted octanol–water partition coefficient (Wildman–Crippen LogP) is 3.39. The van der Waals surface area contributed by atoms with Crippen LogP contribution in [0.3, 0.4) is 0 Å². The Bertz CT molecular complexity index is 1360. The van der Waals surface area contributed by atoms with Crippen molar-refractivity contribution in [1.29, 1.82) is 0 Å². The Balaban J connectivity index is 1.46. The number of anilines is 1. The van der Waals surface area contributed by atoms with Gasteiger partial charge >= 0.3 is 5.56 Å². The van der Waals surface area contributed by atoms with E-state index in [0.29, 0.717) is 62.2 Å². The van der Waals surface area contributed by atoms with Gasteiger partial charge in [-0.25, -0.2) is 8.42 Å². The SMILES string of the molecule is CCOCCOc1c(N2CCN(S(=O)(=O)CCCc3ccccc3)CC2)cnn(-c2cccc(Cl)c2)c1=O. The lowest BCUT2D eigenvalue weighted by Crippen LogP contribution is -2.49. The van der Waals surface area contributed by atoms with Gasteiger partial charge in [-0.15, -0.1) is 0 Å². The van der Waals surface area contributed by atoms with E-state index < -0.39 is 15.6 Å². The van der Waals surface area contributed by atoms with Crippen LogP contribution in [0.25, 0.3) is 5.69 Å². The molecule has 1 saturated heterocycles. The molecule has 4 rings (SSSR count). The molecule has 1 aromatic heterocycles. The first-order valence-corrected chi connectivity index (χ1v) is 14.7. The summed E-state index contributed by atoms with van der Waals surface area (Å²) in [6.45, 7) is 4.45. The molecule has 0 atom stereocenters. The number of sulfonamides is 1. The molecular weight excluding hydrogens is 528 g/mol. The molecule has 204 valence electrons. The van der Waals surface area contributed by atoms with Gasteiger partial charge in [0.2, 0.25) is 15.8 Å². The number of aryl methyl sites for hydroxylation is 1. The summed E-state index contributed by atoms with van der Waals surface area (Å²) in [7, 11) is -3.38. The van der Waals surface area contributed by atoms with E-state index in [2.05, 4.69) is 5.10 Å².